The predicted octanol–water partition coefficient (Wildman–Crippen LogP) is 3.39. The molecule has 2 heterocycles. The van der Waals surface area contributed by atoms with Gasteiger partial charge in [-0.1, -0.05) is 18.2 Å². The Kier molecular flexibility index (Phi) is 5.00. The number of amides is 2. The first-order chi connectivity index (χ1) is 12.1. The summed E-state index contributed by atoms with van der Waals surface area (Å²) < 4.78 is 5.04. The highest BCUT2D eigenvalue weighted by Crippen LogP contribution is 2.37. The molecule has 0 radical (unpaired) electrons. The fourth-order valence-corrected chi connectivity index (χ4v) is 3.95. The lowest BCUT2D eigenvalue weighted by Crippen LogP contribution is -2.35. The van der Waals surface area contributed by atoms with E-state index < -0.39 is 0 Å². The van der Waals surface area contributed by atoms with E-state index in [-0.39, 0.29) is 12.0 Å². The van der Waals surface area contributed by atoms with Gasteiger partial charge in [-0.15, -0.1) is 11.3 Å². The standard InChI is InChI=1S/C18H17N3O3S/c1-2-24-18(23)21-9-8-13-14(10-19)17(25-15(13)11-21)20-16(22)12-6-4-3-5-7-12/h3-7H,2,8-9,11H2,1H3,(H,20,22). The molecule has 3 rings (SSSR count). The molecule has 2 amide bonds. The molecular weight excluding hydrogens is 338 g/mol. The highest BCUT2D eigenvalue weighted by molar-refractivity contribution is 7.16. The quantitative estimate of drug-likeness (QED) is 0.915. The second-order valence-electron chi connectivity index (χ2n) is 5.51. The van der Waals surface area contributed by atoms with Crippen molar-refractivity contribution in [2.24, 2.45) is 0 Å². The van der Waals surface area contributed by atoms with Gasteiger partial charge < -0.3 is 15.0 Å². The lowest BCUT2D eigenvalue weighted by Gasteiger charge is -2.25. The summed E-state index contributed by atoms with van der Waals surface area (Å²) in [6.45, 7) is 3.00. The molecule has 6 nitrogen and oxygen atoms in total. The Hall–Kier alpha value is -2.85. The SMILES string of the molecule is CCOC(=O)N1CCc2c(sc(NC(=O)c3ccccc3)c2C#N)C1. The first kappa shape index (κ1) is 17.0. The van der Waals surface area contributed by atoms with E-state index in [1.807, 2.05) is 6.07 Å². The summed E-state index contributed by atoms with van der Waals surface area (Å²) in [5.74, 6) is -0.252. The van der Waals surface area contributed by atoms with Crippen LogP contribution in [0, 0.1) is 11.3 Å². The molecule has 128 valence electrons. The van der Waals surface area contributed by atoms with Crippen molar-refractivity contribution in [3.05, 3.63) is 51.9 Å². The Labute approximate surface area is 149 Å². The van der Waals surface area contributed by atoms with Gasteiger partial charge in [0.1, 0.15) is 11.1 Å². The molecule has 0 fully saturated rings. The number of ether oxygens (including phenoxy) is 1. The zero-order chi connectivity index (χ0) is 17.8. The molecule has 7 heteroatoms. The summed E-state index contributed by atoms with van der Waals surface area (Å²) in [7, 11) is 0. The van der Waals surface area contributed by atoms with Crippen LogP contribution in [0.4, 0.5) is 9.80 Å². The average Bonchev–Trinajstić information content (AvgIpc) is 2.98. The van der Waals surface area contributed by atoms with Crippen LogP contribution >= 0.6 is 11.3 Å². The second-order valence-corrected chi connectivity index (χ2v) is 6.62. The van der Waals surface area contributed by atoms with Gasteiger partial charge >= 0.3 is 6.09 Å². The van der Waals surface area contributed by atoms with Crippen LogP contribution in [0.25, 0.3) is 0 Å². The normalized spacial score (nSPS) is 12.9. The molecule has 0 atom stereocenters. The molecule has 1 aromatic carbocycles. The summed E-state index contributed by atoms with van der Waals surface area (Å²) in [5.41, 5.74) is 1.94. The van der Waals surface area contributed by atoms with Gasteiger partial charge in [-0.05, 0) is 31.0 Å². The maximum atomic E-state index is 12.4. The Bertz CT molecular complexity index is 839. The Balaban J connectivity index is 1.82. The van der Waals surface area contributed by atoms with Crippen molar-refractivity contribution in [3.8, 4) is 6.07 Å². The van der Waals surface area contributed by atoms with Gasteiger partial charge in [-0.25, -0.2) is 4.79 Å². The number of thiophene rings is 1. The Morgan fingerprint density at radius 3 is 2.80 bits per heavy atom. The third-order valence-electron chi connectivity index (χ3n) is 3.96. The van der Waals surface area contributed by atoms with Crippen molar-refractivity contribution < 1.29 is 14.3 Å². The van der Waals surface area contributed by atoms with Gasteiger partial charge in [0.05, 0.1) is 18.7 Å². The minimum atomic E-state index is -0.352. The average molecular weight is 355 g/mol. The third kappa shape index (κ3) is 3.49. The highest BCUT2D eigenvalue weighted by atomic mass is 32.1. The molecule has 1 N–H and O–H groups in total. The minimum absolute atomic E-state index is 0.252. The molecule has 0 saturated carbocycles. The largest absolute Gasteiger partial charge is 0.450 e. The number of benzene rings is 1. The predicted molar refractivity (Wildman–Crippen MR) is 94.6 cm³/mol. The van der Waals surface area contributed by atoms with Crippen LogP contribution < -0.4 is 5.32 Å². The number of nitrogens with zero attached hydrogens (tertiary/aromatic N) is 2. The molecule has 0 spiro atoms. The van der Waals surface area contributed by atoms with Crippen molar-refractivity contribution in [1.29, 1.82) is 5.26 Å². The molecule has 1 aliphatic rings. The summed E-state index contributed by atoms with van der Waals surface area (Å²) >= 11 is 1.34. The molecule has 1 aromatic heterocycles. The van der Waals surface area contributed by atoms with Crippen molar-refractivity contribution >= 4 is 28.3 Å². The maximum Gasteiger partial charge on any atom is 0.410 e. The third-order valence-corrected chi connectivity index (χ3v) is 5.09. The van der Waals surface area contributed by atoms with Crippen LogP contribution in [0.3, 0.4) is 0 Å². The van der Waals surface area contributed by atoms with Crippen LogP contribution in [0.5, 0.6) is 0 Å². The molecule has 0 saturated heterocycles. The van der Waals surface area contributed by atoms with E-state index in [1.54, 1.807) is 36.1 Å². The number of rotatable bonds is 3. The number of fused-ring (bicyclic) bond motifs is 1. The van der Waals surface area contributed by atoms with Crippen LogP contribution in [-0.4, -0.2) is 30.1 Å². The Morgan fingerprint density at radius 2 is 2.12 bits per heavy atom. The topological polar surface area (TPSA) is 82.4 Å². The zero-order valence-corrected chi connectivity index (χ0v) is 14.6. The summed E-state index contributed by atoms with van der Waals surface area (Å²) in [5, 5.41) is 12.9. The molecule has 2 aromatic rings. The summed E-state index contributed by atoms with van der Waals surface area (Å²) in [6, 6.07) is 11.0. The van der Waals surface area contributed by atoms with E-state index >= 15 is 0 Å². The van der Waals surface area contributed by atoms with Gasteiger partial charge in [0.2, 0.25) is 0 Å². The summed E-state index contributed by atoms with van der Waals surface area (Å²) in [4.78, 5) is 26.8. The van der Waals surface area contributed by atoms with E-state index in [2.05, 4.69) is 11.4 Å². The van der Waals surface area contributed by atoms with Crippen molar-refractivity contribution in [3.63, 3.8) is 0 Å². The molecule has 0 aliphatic carbocycles. The fourth-order valence-electron chi connectivity index (χ4n) is 2.75. The smallest absolute Gasteiger partial charge is 0.410 e. The van der Waals surface area contributed by atoms with E-state index in [1.165, 1.54) is 11.3 Å². The highest BCUT2D eigenvalue weighted by Gasteiger charge is 2.28. The van der Waals surface area contributed by atoms with Crippen molar-refractivity contribution in [2.45, 2.75) is 19.9 Å². The molecule has 25 heavy (non-hydrogen) atoms. The zero-order valence-electron chi connectivity index (χ0n) is 13.7. The first-order valence-electron chi connectivity index (χ1n) is 7.96. The summed E-state index contributed by atoms with van der Waals surface area (Å²) in [6.07, 6.45) is 0.226. The van der Waals surface area contributed by atoms with Crippen LogP contribution in [0.15, 0.2) is 30.3 Å². The van der Waals surface area contributed by atoms with E-state index in [9.17, 15) is 14.9 Å². The number of carbonyl (C=O) groups is 2. The van der Waals surface area contributed by atoms with E-state index in [4.69, 9.17) is 4.74 Å². The van der Waals surface area contributed by atoms with Crippen LogP contribution in [-0.2, 0) is 17.7 Å². The monoisotopic (exact) mass is 355 g/mol. The van der Waals surface area contributed by atoms with Crippen molar-refractivity contribution in [1.82, 2.24) is 4.90 Å². The van der Waals surface area contributed by atoms with Gasteiger partial charge in [-0.2, -0.15) is 5.26 Å². The van der Waals surface area contributed by atoms with Gasteiger partial charge in [-0.3, -0.25) is 4.79 Å². The number of hydrogen-bond donors (Lipinski definition) is 1. The maximum absolute atomic E-state index is 12.4. The molecule has 1 aliphatic heterocycles. The number of carbonyl (C=O) groups excluding carboxylic acids is 2. The van der Waals surface area contributed by atoms with Gasteiger partial charge in [0.25, 0.3) is 5.91 Å². The number of nitriles is 1. The van der Waals surface area contributed by atoms with E-state index in [0.717, 1.165) is 10.4 Å². The minimum Gasteiger partial charge on any atom is -0.450 e. The number of nitrogens with one attached hydrogen (secondary N) is 1. The van der Waals surface area contributed by atoms with Gasteiger partial charge in [0, 0.05) is 17.0 Å². The molecule has 0 unspecified atom stereocenters. The van der Waals surface area contributed by atoms with Crippen molar-refractivity contribution in [2.75, 3.05) is 18.5 Å². The number of anilines is 1. The fraction of sp³-hybridized carbons (Fsp3) is 0.278. The second kappa shape index (κ2) is 7.36. The Morgan fingerprint density at radius 1 is 1.36 bits per heavy atom. The van der Waals surface area contributed by atoms with E-state index in [0.29, 0.717) is 42.2 Å². The van der Waals surface area contributed by atoms with Crippen LogP contribution in [0.2, 0.25) is 0 Å². The lowest BCUT2D eigenvalue weighted by atomic mass is 10.0. The molecule has 0 bridgehead atoms. The molecular formula is C18H17N3O3S. The van der Waals surface area contributed by atoms with Crippen LogP contribution in [0.1, 0.15) is 33.3 Å². The van der Waals surface area contributed by atoms with Gasteiger partial charge in [0.15, 0.2) is 0 Å². The number of hydrogen-bond acceptors (Lipinski definition) is 5. The lowest BCUT2D eigenvalue weighted by molar-refractivity contribution is 0.102. The first-order valence-corrected chi connectivity index (χ1v) is 8.78.